The number of hydrogen-bond donors (Lipinski definition) is 1. The Kier molecular flexibility index (Phi) is 2.57. The molecule has 1 N–H and O–H groups in total. The molecule has 0 aliphatic heterocycles. The monoisotopic (exact) mass is 231 g/mol. The number of nitrogens with one attached hydrogen (secondary N) is 1. The minimum Gasteiger partial charge on any atom is -0.351 e. The molecule has 0 amide bonds. The Morgan fingerprint density at radius 3 is 2.47 bits per heavy atom. The highest BCUT2D eigenvalue weighted by Gasteiger charge is 2.51. The lowest BCUT2D eigenvalue weighted by Crippen LogP contribution is -2.57. The second kappa shape index (κ2) is 3.97. The molecule has 17 heavy (non-hydrogen) atoms. The number of aromatic nitrogens is 2. The van der Waals surface area contributed by atoms with Crippen LogP contribution in [0.2, 0.25) is 0 Å². The first kappa shape index (κ1) is 11.0. The molecule has 3 heteroatoms. The molecule has 2 aliphatic carbocycles. The normalized spacial score (nSPS) is 34.8. The Hall–Kier alpha value is -1.12. The van der Waals surface area contributed by atoms with Crippen LogP contribution in [-0.2, 0) is 0 Å². The summed E-state index contributed by atoms with van der Waals surface area (Å²) < 4.78 is 0. The van der Waals surface area contributed by atoms with Gasteiger partial charge < -0.3 is 5.32 Å². The Labute approximate surface area is 103 Å². The van der Waals surface area contributed by atoms with Gasteiger partial charge in [0.05, 0.1) is 0 Å². The minimum atomic E-state index is 0.504. The van der Waals surface area contributed by atoms with Gasteiger partial charge in [0.1, 0.15) is 0 Å². The largest absolute Gasteiger partial charge is 0.351 e. The smallest absolute Gasteiger partial charge is 0.222 e. The maximum Gasteiger partial charge on any atom is 0.222 e. The fourth-order valence-corrected chi connectivity index (χ4v) is 3.36. The standard InChI is InChI=1S/C14H21N3/c1-8(2)11-6-15-14(16-7-11)17-12-5-10-4-9(3)13(10)12/h6-10,12-13H,4-5H2,1-3H3,(H,15,16,17). The third-order valence-corrected chi connectivity index (χ3v) is 4.55. The first-order valence-corrected chi connectivity index (χ1v) is 6.73. The van der Waals surface area contributed by atoms with Gasteiger partial charge in [-0.15, -0.1) is 0 Å². The van der Waals surface area contributed by atoms with Crippen molar-refractivity contribution in [3.8, 4) is 0 Å². The Morgan fingerprint density at radius 2 is 1.94 bits per heavy atom. The van der Waals surface area contributed by atoms with Gasteiger partial charge in [0.2, 0.25) is 5.95 Å². The highest BCUT2D eigenvalue weighted by atomic mass is 15.1. The molecule has 3 rings (SSSR count). The molecule has 2 saturated carbocycles. The van der Waals surface area contributed by atoms with E-state index < -0.39 is 0 Å². The molecule has 92 valence electrons. The van der Waals surface area contributed by atoms with E-state index in [2.05, 4.69) is 36.1 Å². The van der Waals surface area contributed by atoms with E-state index in [4.69, 9.17) is 0 Å². The van der Waals surface area contributed by atoms with Crippen LogP contribution in [0.1, 0.15) is 45.1 Å². The fraction of sp³-hybridized carbons (Fsp3) is 0.714. The predicted molar refractivity (Wildman–Crippen MR) is 68.9 cm³/mol. The van der Waals surface area contributed by atoms with Crippen molar-refractivity contribution < 1.29 is 0 Å². The van der Waals surface area contributed by atoms with Gasteiger partial charge in [-0.05, 0) is 42.1 Å². The van der Waals surface area contributed by atoms with Crippen LogP contribution in [0.4, 0.5) is 5.95 Å². The van der Waals surface area contributed by atoms with Crippen LogP contribution in [0.3, 0.4) is 0 Å². The molecule has 0 radical (unpaired) electrons. The molecule has 1 aromatic heterocycles. The first-order valence-electron chi connectivity index (χ1n) is 6.73. The molecule has 0 saturated heterocycles. The molecule has 0 bridgehead atoms. The Morgan fingerprint density at radius 1 is 1.24 bits per heavy atom. The molecule has 1 heterocycles. The molecule has 2 fully saturated rings. The first-order chi connectivity index (χ1) is 8.15. The van der Waals surface area contributed by atoms with Crippen molar-refractivity contribution in [1.29, 1.82) is 0 Å². The number of rotatable bonds is 3. The third-order valence-electron chi connectivity index (χ3n) is 4.55. The number of hydrogen-bond acceptors (Lipinski definition) is 3. The van der Waals surface area contributed by atoms with E-state index in [9.17, 15) is 0 Å². The van der Waals surface area contributed by atoms with Crippen LogP contribution < -0.4 is 5.32 Å². The van der Waals surface area contributed by atoms with Crippen molar-refractivity contribution in [1.82, 2.24) is 9.97 Å². The van der Waals surface area contributed by atoms with Crippen molar-refractivity contribution in [2.45, 2.75) is 45.6 Å². The zero-order valence-corrected chi connectivity index (χ0v) is 10.9. The summed E-state index contributed by atoms with van der Waals surface area (Å²) in [6.45, 7) is 6.69. The van der Waals surface area contributed by atoms with Crippen LogP contribution in [0.15, 0.2) is 12.4 Å². The minimum absolute atomic E-state index is 0.504. The molecule has 1 aromatic rings. The lowest BCUT2D eigenvalue weighted by Gasteiger charge is -2.57. The SMILES string of the molecule is CC(C)c1cnc(NC2CC3CC(C)C32)nc1. The van der Waals surface area contributed by atoms with E-state index in [0.29, 0.717) is 12.0 Å². The van der Waals surface area contributed by atoms with Gasteiger partial charge in [0.15, 0.2) is 0 Å². The van der Waals surface area contributed by atoms with Gasteiger partial charge in [-0.25, -0.2) is 9.97 Å². The lowest BCUT2D eigenvalue weighted by molar-refractivity contribution is -0.0288. The van der Waals surface area contributed by atoms with E-state index in [0.717, 1.165) is 23.7 Å². The van der Waals surface area contributed by atoms with Gasteiger partial charge in [-0.3, -0.25) is 0 Å². The molecule has 0 aromatic carbocycles. The third kappa shape index (κ3) is 1.81. The maximum absolute atomic E-state index is 4.41. The average molecular weight is 231 g/mol. The molecule has 4 unspecified atom stereocenters. The summed E-state index contributed by atoms with van der Waals surface area (Å²) in [5.41, 5.74) is 1.21. The van der Waals surface area contributed by atoms with Crippen LogP contribution in [0.5, 0.6) is 0 Å². The lowest BCUT2D eigenvalue weighted by atomic mass is 9.51. The van der Waals surface area contributed by atoms with Gasteiger partial charge in [0, 0.05) is 18.4 Å². The highest BCUT2D eigenvalue weighted by Crippen LogP contribution is 2.54. The number of nitrogens with zero attached hydrogens (tertiary/aromatic N) is 2. The zero-order valence-electron chi connectivity index (χ0n) is 10.9. The average Bonchev–Trinajstić information content (AvgIpc) is 2.27. The molecular formula is C14H21N3. The van der Waals surface area contributed by atoms with E-state index in [1.165, 1.54) is 18.4 Å². The number of anilines is 1. The molecule has 0 spiro atoms. The molecule has 4 atom stereocenters. The Balaban J connectivity index is 1.62. The van der Waals surface area contributed by atoms with Crippen molar-refractivity contribution in [3.05, 3.63) is 18.0 Å². The summed E-state index contributed by atoms with van der Waals surface area (Å²) in [7, 11) is 0. The highest BCUT2D eigenvalue weighted by molar-refractivity contribution is 5.30. The van der Waals surface area contributed by atoms with Crippen molar-refractivity contribution in [2.75, 3.05) is 5.32 Å². The van der Waals surface area contributed by atoms with Gasteiger partial charge >= 0.3 is 0 Å². The molecule has 3 nitrogen and oxygen atoms in total. The van der Waals surface area contributed by atoms with Gasteiger partial charge in [-0.2, -0.15) is 0 Å². The maximum atomic E-state index is 4.41. The summed E-state index contributed by atoms with van der Waals surface area (Å²) in [6, 6.07) is 0.619. The van der Waals surface area contributed by atoms with Crippen molar-refractivity contribution in [2.24, 2.45) is 17.8 Å². The van der Waals surface area contributed by atoms with Gasteiger partial charge in [0.25, 0.3) is 0 Å². The summed E-state index contributed by atoms with van der Waals surface area (Å²) >= 11 is 0. The van der Waals surface area contributed by atoms with Crippen LogP contribution in [0, 0.1) is 17.8 Å². The fourth-order valence-electron chi connectivity index (χ4n) is 3.36. The van der Waals surface area contributed by atoms with E-state index in [1.807, 2.05) is 12.4 Å². The van der Waals surface area contributed by atoms with Crippen LogP contribution in [0.25, 0.3) is 0 Å². The zero-order chi connectivity index (χ0) is 12.0. The second-order valence-electron chi connectivity index (χ2n) is 6.03. The molecule has 2 aliphatic rings. The van der Waals surface area contributed by atoms with E-state index >= 15 is 0 Å². The van der Waals surface area contributed by atoms with Crippen LogP contribution >= 0.6 is 0 Å². The summed E-state index contributed by atoms with van der Waals surface area (Å²) in [5, 5.41) is 3.48. The Bertz CT molecular complexity index is 394. The van der Waals surface area contributed by atoms with Crippen molar-refractivity contribution >= 4 is 5.95 Å². The van der Waals surface area contributed by atoms with E-state index in [1.54, 1.807) is 0 Å². The predicted octanol–water partition coefficient (Wildman–Crippen LogP) is 3.06. The number of fused-ring (bicyclic) bond motifs is 1. The quantitative estimate of drug-likeness (QED) is 0.868. The second-order valence-corrected chi connectivity index (χ2v) is 6.03. The summed E-state index contributed by atoms with van der Waals surface area (Å²) in [5.74, 6) is 4.06. The van der Waals surface area contributed by atoms with Crippen LogP contribution in [-0.4, -0.2) is 16.0 Å². The van der Waals surface area contributed by atoms with Gasteiger partial charge in [-0.1, -0.05) is 20.8 Å². The topological polar surface area (TPSA) is 37.8 Å². The van der Waals surface area contributed by atoms with E-state index in [-0.39, 0.29) is 0 Å². The van der Waals surface area contributed by atoms with Crippen molar-refractivity contribution in [3.63, 3.8) is 0 Å². The summed E-state index contributed by atoms with van der Waals surface area (Å²) in [4.78, 5) is 8.82. The molecular weight excluding hydrogens is 210 g/mol. The summed E-state index contributed by atoms with van der Waals surface area (Å²) in [6.07, 6.45) is 6.63.